The van der Waals surface area contributed by atoms with Crippen LogP contribution in [0.5, 0.6) is 0 Å². The van der Waals surface area contributed by atoms with E-state index in [1.807, 2.05) is 0 Å². The molecule has 1 aromatic rings. The lowest BCUT2D eigenvalue weighted by Crippen LogP contribution is -2.62. The average Bonchev–Trinajstić information content (AvgIpc) is 2.36. The van der Waals surface area contributed by atoms with Crippen LogP contribution in [0.15, 0.2) is 18.2 Å². The molecule has 1 N–H and O–H groups in total. The average molecular weight is 246 g/mol. The fourth-order valence-corrected chi connectivity index (χ4v) is 2.58. The van der Waals surface area contributed by atoms with Crippen molar-refractivity contribution in [3.8, 4) is 0 Å². The number of nitrogens with zero attached hydrogens (tertiary/aromatic N) is 1. The van der Waals surface area contributed by atoms with E-state index in [-0.39, 0.29) is 5.54 Å². The number of aryl methyl sites for hydroxylation is 2. The van der Waals surface area contributed by atoms with Crippen molar-refractivity contribution in [3.63, 3.8) is 0 Å². The Morgan fingerprint density at radius 2 is 2.06 bits per heavy atom. The molecule has 2 nitrogen and oxygen atoms in total. The third kappa shape index (κ3) is 2.54. The molecule has 1 heterocycles. The van der Waals surface area contributed by atoms with Crippen molar-refractivity contribution in [1.29, 1.82) is 0 Å². The quantitative estimate of drug-likeness (QED) is 0.861. The standard InChI is InChI=1S/C16H26N2/c1-6-16(5)11-18(14(4)10-17-16)15-8-7-12(2)13(3)9-15/h7-9,14,17H,6,10-11H2,1-5H3. The van der Waals surface area contributed by atoms with Gasteiger partial charge in [-0.05, 0) is 57.4 Å². The number of hydrogen-bond acceptors (Lipinski definition) is 2. The lowest BCUT2D eigenvalue weighted by atomic mass is 9.93. The van der Waals surface area contributed by atoms with Crippen LogP contribution in [0.1, 0.15) is 38.3 Å². The van der Waals surface area contributed by atoms with Gasteiger partial charge < -0.3 is 10.2 Å². The van der Waals surface area contributed by atoms with Crippen molar-refractivity contribution in [2.24, 2.45) is 0 Å². The Bertz CT molecular complexity index is 427. The molecule has 100 valence electrons. The van der Waals surface area contributed by atoms with Crippen LogP contribution in [0.25, 0.3) is 0 Å². The van der Waals surface area contributed by atoms with Gasteiger partial charge in [0.25, 0.3) is 0 Å². The smallest absolute Gasteiger partial charge is 0.0387 e. The third-order valence-corrected chi connectivity index (χ3v) is 4.48. The summed E-state index contributed by atoms with van der Waals surface area (Å²) >= 11 is 0. The second kappa shape index (κ2) is 4.93. The van der Waals surface area contributed by atoms with Crippen molar-refractivity contribution < 1.29 is 0 Å². The summed E-state index contributed by atoms with van der Waals surface area (Å²) in [6.45, 7) is 13.4. The molecule has 0 aromatic heterocycles. The zero-order valence-corrected chi connectivity index (χ0v) is 12.4. The molecule has 2 unspecified atom stereocenters. The van der Waals surface area contributed by atoms with Crippen molar-refractivity contribution in [2.45, 2.75) is 52.6 Å². The second-order valence-corrected chi connectivity index (χ2v) is 6.04. The fourth-order valence-electron chi connectivity index (χ4n) is 2.58. The highest BCUT2D eigenvalue weighted by atomic mass is 15.2. The summed E-state index contributed by atoms with van der Waals surface area (Å²) in [6.07, 6.45) is 1.17. The molecule has 18 heavy (non-hydrogen) atoms. The lowest BCUT2D eigenvalue weighted by Gasteiger charge is -2.46. The number of anilines is 1. The molecule has 1 aliphatic heterocycles. The maximum absolute atomic E-state index is 3.68. The Morgan fingerprint density at radius 1 is 1.33 bits per heavy atom. The molecule has 0 aliphatic carbocycles. The normalized spacial score (nSPS) is 28.5. The van der Waals surface area contributed by atoms with Crippen LogP contribution in [0.2, 0.25) is 0 Å². The minimum Gasteiger partial charge on any atom is -0.366 e. The van der Waals surface area contributed by atoms with Gasteiger partial charge in [0.05, 0.1) is 0 Å². The summed E-state index contributed by atoms with van der Waals surface area (Å²) in [7, 11) is 0. The summed E-state index contributed by atoms with van der Waals surface area (Å²) in [6, 6.07) is 7.39. The van der Waals surface area contributed by atoms with Gasteiger partial charge in [-0.25, -0.2) is 0 Å². The molecule has 0 spiro atoms. The van der Waals surface area contributed by atoms with E-state index in [1.165, 1.54) is 23.2 Å². The largest absolute Gasteiger partial charge is 0.366 e. The van der Waals surface area contributed by atoms with E-state index >= 15 is 0 Å². The van der Waals surface area contributed by atoms with Crippen molar-refractivity contribution in [3.05, 3.63) is 29.3 Å². The Kier molecular flexibility index (Phi) is 3.67. The molecule has 1 fully saturated rings. The molecule has 2 atom stereocenters. The third-order valence-electron chi connectivity index (χ3n) is 4.48. The molecular formula is C16H26N2. The first-order chi connectivity index (χ1) is 8.45. The van der Waals surface area contributed by atoms with E-state index in [0.717, 1.165) is 13.1 Å². The number of piperazine rings is 1. The SMILES string of the molecule is CCC1(C)CN(c2ccc(C)c(C)c2)C(C)CN1. The van der Waals surface area contributed by atoms with Gasteiger partial charge in [0.2, 0.25) is 0 Å². The highest BCUT2D eigenvalue weighted by molar-refractivity contribution is 5.52. The van der Waals surface area contributed by atoms with Crippen molar-refractivity contribution in [2.75, 3.05) is 18.0 Å². The van der Waals surface area contributed by atoms with Crippen LogP contribution in [0.3, 0.4) is 0 Å². The molecule has 1 saturated heterocycles. The van der Waals surface area contributed by atoms with E-state index in [0.29, 0.717) is 6.04 Å². The van der Waals surface area contributed by atoms with Crippen LogP contribution >= 0.6 is 0 Å². The zero-order valence-electron chi connectivity index (χ0n) is 12.4. The molecule has 2 rings (SSSR count). The number of nitrogens with one attached hydrogen (secondary N) is 1. The molecule has 0 saturated carbocycles. The summed E-state index contributed by atoms with van der Waals surface area (Å²) in [4.78, 5) is 2.55. The Morgan fingerprint density at radius 3 is 2.67 bits per heavy atom. The summed E-state index contributed by atoms with van der Waals surface area (Å²) in [5.41, 5.74) is 4.37. The molecule has 0 bridgehead atoms. The van der Waals surface area contributed by atoms with Gasteiger partial charge in [0.1, 0.15) is 0 Å². The van der Waals surface area contributed by atoms with E-state index in [9.17, 15) is 0 Å². The maximum atomic E-state index is 3.68. The minimum atomic E-state index is 0.241. The number of rotatable bonds is 2. The predicted octanol–water partition coefficient (Wildman–Crippen LogP) is 3.27. The van der Waals surface area contributed by atoms with E-state index in [1.54, 1.807) is 0 Å². The number of hydrogen-bond donors (Lipinski definition) is 1. The van der Waals surface area contributed by atoms with Crippen LogP contribution in [0, 0.1) is 13.8 Å². The Balaban J connectivity index is 2.27. The second-order valence-electron chi connectivity index (χ2n) is 6.04. The molecular weight excluding hydrogens is 220 g/mol. The predicted molar refractivity (Wildman–Crippen MR) is 79.4 cm³/mol. The Hall–Kier alpha value is -1.02. The molecule has 0 amide bonds. The maximum Gasteiger partial charge on any atom is 0.0387 e. The van der Waals surface area contributed by atoms with E-state index in [2.05, 4.69) is 63.0 Å². The topological polar surface area (TPSA) is 15.3 Å². The van der Waals surface area contributed by atoms with E-state index < -0.39 is 0 Å². The van der Waals surface area contributed by atoms with Crippen LogP contribution in [-0.4, -0.2) is 24.7 Å². The summed E-state index contributed by atoms with van der Waals surface area (Å²) < 4.78 is 0. The first-order valence-corrected chi connectivity index (χ1v) is 7.04. The van der Waals surface area contributed by atoms with Gasteiger partial charge in [-0.2, -0.15) is 0 Å². The van der Waals surface area contributed by atoms with Gasteiger partial charge in [0, 0.05) is 30.4 Å². The summed E-state index contributed by atoms with van der Waals surface area (Å²) in [5.74, 6) is 0. The van der Waals surface area contributed by atoms with E-state index in [4.69, 9.17) is 0 Å². The van der Waals surface area contributed by atoms with Crippen LogP contribution in [-0.2, 0) is 0 Å². The lowest BCUT2D eigenvalue weighted by molar-refractivity contribution is 0.285. The van der Waals surface area contributed by atoms with Crippen molar-refractivity contribution >= 4 is 5.69 Å². The highest BCUT2D eigenvalue weighted by Gasteiger charge is 2.32. The summed E-state index contributed by atoms with van der Waals surface area (Å²) in [5, 5.41) is 3.68. The fraction of sp³-hybridized carbons (Fsp3) is 0.625. The zero-order chi connectivity index (χ0) is 13.3. The van der Waals surface area contributed by atoms with Gasteiger partial charge in [0.15, 0.2) is 0 Å². The first kappa shape index (κ1) is 13.4. The van der Waals surface area contributed by atoms with Gasteiger partial charge >= 0.3 is 0 Å². The van der Waals surface area contributed by atoms with Gasteiger partial charge in [-0.3, -0.25) is 0 Å². The first-order valence-electron chi connectivity index (χ1n) is 7.04. The highest BCUT2D eigenvalue weighted by Crippen LogP contribution is 2.26. The monoisotopic (exact) mass is 246 g/mol. The van der Waals surface area contributed by atoms with Crippen LogP contribution < -0.4 is 10.2 Å². The van der Waals surface area contributed by atoms with Crippen molar-refractivity contribution in [1.82, 2.24) is 5.32 Å². The molecule has 1 aromatic carbocycles. The van der Waals surface area contributed by atoms with Crippen LogP contribution in [0.4, 0.5) is 5.69 Å². The molecule has 2 heteroatoms. The van der Waals surface area contributed by atoms with Gasteiger partial charge in [-0.1, -0.05) is 13.0 Å². The minimum absolute atomic E-state index is 0.241. The molecule has 1 aliphatic rings. The number of benzene rings is 1. The molecule has 0 radical (unpaired) electrons. The Labute approximate surface area is 111 Å². The van der Waals surface area contributed by atoms with Gasteiger partial charge in [-0.15, -0.1) is 0 Å².